The van der Waals surface area contributed by atoms with Crippen LogP contribution >= 0.6 is 11.6 Å². The molecule has 1 amide bonds. The first-order valence-corrected chi connectivity index (χ1v) is 8.30. The van der Waals surface area contributed by atoms with Gasteiger partial charge in [-0.25, -0.2) is 0 Å². The summed E-state index contributed by atoms with van der Waals surface area (Å²) in [5.41, 5.74) is 1.57. The molecule has 0 saturated heterocycles. The van der Waals surface area contributed by atoms with E-state index < -0.39 is 0 Å². The average Bonchev–Trinajstić information content (AvgIpc) is 2.64. The number of amides is 1. The van der Waals surface area contributed by atoms with Crippen molar-refractivity contribution in [3.8, 4) is 11.5 Å². The maximum Gasteiger partial charge on any atom is 0.224 e. The number of benzene rings is 2. The van der Waals surface area contributed by atoms with Crippen molar-refractivity contribution >= 4 is 23.2 Å². The minimum atomic E-state index is -0.107. The van der Waals surface area contributed by atoms with Crippen molar-refractivity contribution in [2.24, 2.45) is 0 Å². The minimum Gasteiger partial charge on any atom is -0.455 e. The number of pyridine rings is 1. The fourth-order valence-electron chi connectivity index (χ4n) is 2.32. The highest BCUT2D eigenvalue weighted by atomic mass is 35.5. The number of rotatable bonds is 6. The van der Waals surface area contributed by atoms with Gasteiger partial charge in [-0.05, 0) is 48.4 Å². The van der Waals surface area contributed by atoms with E-state index in [0.29, 0.717) is 35.1 Å². The van der Waals surface area contributed by atoms with Gasteiger partial charge >= 0.3 is 0 Å². The highest BCUT2D eigenvalue weighted by Gasteiger charge is 2.10. The maximum absolute atomic E-state index is 12.3. The molecule has 0 bridgehead atoms. The first-order valence-electron chi connectivity index (χ1n) is 7.92. The summed E-state index contributed by atoms with van der Waals surface area (Å²) >= 11 is 6.06. The van der Waals surface area contributed by atoms with E-state index in [0.717, 1.165) is 5.56 Å². The van der Waals surface area contributed by atoms with Crippen LogP contribution < -0.4 is 10.1 Å². The van der Waals surface area contributed by atoms with Crippen molar-refractivity contribution in [1.82, 2.24) is 4.98 Å². The third kappa shape index (κ3) is 5.06. The van der Waals surface area contributed by atoms with Crippen LogP contribution in [0.4, 0.5) is 5.69 Å². The molecule has 2 aromatic carbocycles. The first-order chi connectivity index (χ1) is 12.2. The Labute approximate surface area is 151 Å². The van der Waals surface area contributed by atoms with Gasteiger partial charge in [0, 0.05) is 23.8 Å². The summed E-state index contributed by atoms with van der Waals surface area (Å²) in [6.45, 7) is 0. The molecule has 1 heterocycles. The van der Waals surface area contributed by atoms with E-state index in [1.54, 1.807) is 30.6 Å². The topological polar surface area (TPSA) is 51.2 Å². The van der Waals surface area contributed by atoms with Crippen LogP contribution in [0, 0.1) is 0 Å². The average molecular weight is 353 g/mol. The molecule has 0 aliphatic carbocycles. The zero-order chi connectivity index (χ0) is 17.5. The molecule has 0 aliphatic rings. The van der Waals surface area contributed by atoms with Gasteiger partial charge in [-0.1, -0.05) is 35.9 Å². The summed E-state index contributed by atoms with van der Waals surface area (Å²) in [4.78, 5) is 16.3. The molecule has 25 heavy (non-hydrogen) atoms. The summed E-state index contributed by atoms with van der Waals surface area (Å²) in [6.07, 6.45) is 4.44. The Hall–Kier alpha value is -2.85. The minimum absolute atomic E-state index is 0.107. The summed E-state index contributed by atoms with van der Waals surface area (Å²) in [6, 6.07) is 18.3. The molecular weight excluding hydrogens is 336 g/mol. The van der Waals surface area contributed by atoms with E-state index >= 15 is 0 Å². The molecule has 126 valence electrons. The lowest BCUT2D eigenvalue weighted by Crippen LogP contribution is -2.13. The number of anilines is 1. The van der Waals surface area contributed by atoms with Crippen LogP contribution in [0.25, 0.3) is 0 Å². The van der Waals surface area contributed by atoms with Gasteiger partial charge in [0.2, 0.25) is 5.91 Å². The van der Waals surface area contributed by atoms with Crippen LogP contribution in [0.15, 0.2) is 73.1 Å². The molecular formula is C20H17ClN2O2. The number of nitrogens with one attached hydrogen (secondary N) is 1. The lowest BCUT2D eigenvalue weighted by atomic mass is 10.1. The molecule has 0 aliphatic heterocycles. The zero-order valence-corrected chi connectivity index (χ0v) is 14.2. The molecule has 0 spiro atoms. The monoisotopic (exact) mass is 352 g/mol. The molecule has 0 saturated carbocycles. The highest BCUT2D eigenvalue weighted by Crippen LogP contribution is 2.32. The van der Waals surface area contributed by atoms with Crippen LogP contribution in [-0.4, -0.2) is 10.9 Å². The van der Waals surface area contributed by atoms with E-state index in [9.17, 15) is 4.79 Å². The van der Waals surface area contributed by atoms with Gasteiger partial charge in [0.15, 0.2) is 5.75 Å². The zero-order valence-electron chi connectivity index (χ0n) is 13.5. The third-order valence-electron chi connectivity index (χ3n) is 3.55. The molecule has 0 atom stereocenters. The SMILES string of the molecule is O=C(CCc1cccnc1)Nc1cc(Cl)ccc1Oc1ccccc1. The Morgan fingerprint density at radius 3 is 2.68 bits per heavy atom. The molecule has 3 rings (SSSR count). The number of carbonyl (C=O) groups excluding carboxylic acids is 1. The van der Waals surface area contributed by atoms with Crippen molar-refractivity contribution in [3.05, 3.63) is 83.6 Å². The largest absolute Gasteiger partial charge is 0.455 e. The van der Waals surface area contributed by atoms with Crippen LogP contribution in [-0.2, 0) is 11.2 Å². The second-order valence-electron chi connectivity index (χ2n) is 5.47. The lowest BCUT2D eigenvalue weighted by molar-refractivity contribution is -0.116. The summed E-state index contributed by atoms with van der Waals surface area (Å²) < 4.78 is 5.84. The molecule has 5 heteroatoms. The highest BCUT2D eigenvalue weighted by molar-refractivity contribution is 6.31. The lowest BCUT2D eigenvalue weighted by Gasteiger charge is -2.13. The normalized spacial score (nSPS) is 10.3. The number of halogens is 1. The van der Waals surface area contributed by atoms with Gasteiger partial charge in [0.05, 0.1) is 5.69 Å². The van der Waals surface area contributed by atoms with Crippen LogP contribution in [0.1, 0.15) is 12.0 Å². The number of aromatic nitrogens is 1. The number of para-hydroxylation sites is 1. The van der Waals surface area contributed by atoms with Crippen molar-refractivity contribution in [3.63, 3.8) is 0 Å². The molecule has 3 aromatic rings. The Balaban J connectivity index is 1.68. The van der Waals surface area contributed by atoms with Gasteiger partial charge in [0.1, 0.15) is 5.75 Å². The third-order valence-corrected chi connectivity index (χ3v) is 3.79. The van der Waals surface area contributed by atoms with E-state index in [1.165, 1.54) is 0 Å². The summed E-state index contributed by atoms with van der Waals surface area (Å²) in [7, 11) is 0. The number of nitrogens with zero attached hydrogens (tertiary/aromatic N) is 1. The Morgan fingerprint density at radius 1 is 1.08 bits per heavy atom. The standard InChI is InChI=1S/C20H17ClN2O2/c21-16-9-10-19(25-17-6-2-1-3-7-17)18(13-16)23-20(24)11-8-15-5-4-12-22-14-15/h1-7,9-10,12-14H,8,11H2,(H,23,24). The number of hydrogen-bond acceptors (Lipinski definition) is 3. The predicted octanol–water partition coefficient (Wildman–Crippen LogP) is 5.10. The van der Waals surface area contributed by atoms with E-state index in [4.69, 9.17) is 16.3 Å². The van der Waals surface area contributed by atoms with Crippen LogP contribution in [0.5, 0.6) is 11.5 Å². The van der Waals surface area contributed by atoms with Crippen molar-refractivity contribution in [1.29, 1.82) is 0 Å². The number of carbonyl (C=O) groups is 1. The number of ether oxygens (including phenoxy) is 1. The molecule has 1 N–H and O–H groups in total. The van der Waals surface area contributed by atoms with Gasteiger partial charge in [-0.2, -0.15) is 0 Å². The molecule has 0 fully saturated rings. The van der Waals surface area contributed by atoms with E-state index in [1.807, 2.05) is 42.5 Å². The number of hydrogen-bond donors (Lipinski definition) is 1. The Bertz CT molecular complexity index is 839. The fourth-order valence-corrected chi connectivity index (χ4v) is 2.49. The van der Waals surface area contributed by atoms with Gasteiger partial charge < -0.3 is 10.1 Å². The second-order valence-corrected chi connectivity index (χ2v) is 5.90. The van der Waals surface area contributed by atoms with E-state index in [2.05, 4.69) is 10.3 Å². The first kappa shape index (κ1) is 17.0. The predicted molar refractivity (Wildman–Crippen MR) is 99.2 cm³/mol. The molecule has 1 aromatic heterocycles. The van der Waals surface area contributed by atoms with Crippen molar-refractivity contribution < 1.29 is 9.53 Å². The van der Waals surface area contributed by atoms with Gasteiger partial charge in [-0.3, -0.25) is 9.78 Å². The van der Waals surface area contributed by atoms with Crippen molar-refractivity contribution in [2.45, 2.75) is 12.8 Å². The Morgan fingerprint density at radius 2 is 1.92 bits per heavy atom. The summed E-state index contributed by atoms with van der Waals surface area (Å²) in [5, 5.41) is 3.40. The molecule has 0 unspecified atom stereocenters. The number of aryl methyl sites for hydroxylation is 1. The summed E-state index contributed by atoms with van der Waals surface area (Å²) in [5.74, 6) is 1.13. The molecule has 0 radical (unpaired) electrons. The second kappa shape index (κ2) is 8.31. The smallest absolute Gasteiger partial charge is 0.224 e. The quantitative estimate of drug-likeness (QED) is 0.671. The fraction of sp³-hybridized carbons (Fsp3) is 0.100. The van der Waals surface area contributed by atoms with Crippen molar-refractivity contribution in [2.75, 3.05) is 5.32 Å². The van der Waals surface area contributed by atoms with Crippen LogP contribution in [0.2, 0.25) is 5.02 Å². The van der Waals surface area contributed by atoms with Gasteiger partial charge in [0.25, 0.3) is 0 Å². The molecule has 4 nitrogen and oxygen atoms in total. The van der Waals surface area contributed by atoms with Crippen LogP contribution in [0.3, 0.4) is 0 Å². The maximum atomic E-state index is 12.3. The van der Waals surface area contributed by atoms with Gasteiger partial charge in [-0.15, -0.1) is 0 Å². The Kier molecular flexibility index (Phi) is 5.65. The van der Waals surface area contributed by atoms with E-state index in [-0.39, 0.29) is 5.91 Å².